The van der Waals surface area contributed by atoms with Crippen molar-refractivity contribution in [1.82, 2.24) is 14.8 Å². The SMILES string of the molecule is CC(C)c1ccc(N2C(=O)N(Cc3ccncc3)C(C)(C)C2=O)cc1NC(=O)CN1CCCCC1. The van der Waals surface area contributed by atoms with E-state index in [0.29, 0.717) is 24.5 Å². The van der Waals surface area contributed by atoms with Crippen LogP contribution in [0.5, 0.6) is 0 Å². The van der Waals surface area contributed by atoms with E-state index < -0.39 is 5.54 Å². The van der Waals surface area contributed by atoms with Gasteiger partial charge in [-0.1, -0.05) is 26.3 Å². The summed E-state index contributed by atoms with van der Waals surface area (Å²) in [6, 6.07) is 8.74. The molecule has 0 radical (unpaired) electrons. The number of nitrogens with one attached hydrogen (secondary N) is 1. The van der Waals surface area contributed by atoms with Gasteiger partial charge < -0.3 is 10.2 Å². The summed E-state index contributed by atoms with van der Waals surface area (Å²) in [5.41, 5.74) is 1.97. The Hall–Kier alpha value is -3.26. The van der Waals surface area contributed by atoms with Crippen LogP contribution in [0.2, 0.25) is 0 Å². The van der Waals surface area contributed by atoms with Crippen molar-refractivity contribution < 1.29 is 14.4 Å². The number of amides is 4. The largest absolute Gasteiger partial charge is 0.332 e. The summed E-state index contributed by atoms with van der Waals surface area (Å²) in [5.74, 6) is -0.205. The number of imide groups is 1. The van der Waals surface area contributed by atoms with Gasteiger partial charge in [0.1, 0.15) is 5.54 Å². The Morgan fingerprint density at radius 3 is 2.40 bits per heavy atom. The van der Waals surface area contributed by atoms with E-state index in [2.05, 4.69) is 29.0 Å². The van der Waals surface area contributed by atoms with Crippen molar-refractivity contribution in [2.75, 3.05) is 29.9 Å². The predicted molar refractivity (Wildman–Crippen MR) is 136 cm³/mol. The molecule has 0 spiro atoms. The van der Waals surface area contributed by atoms with Crippen LogP contribution >= 0.6 is 0 Å². The summed E-state index contributed by atoms with van der Waals surface area (Å²) in [6.45, 7) is 10.2. The van der Waals surface area contributed by atoms with Gasteiger partial charge in [-0.15, -0.1) is 0 Å². The number of benzene rings is 1. The monoisotopic (exact) mass is 477 g/mol. The smallest absolute Gasteiger partial charge is 0.325 e. The Labute approximate surface area is 207 Å². The highest BCUT2D eigenvalue weighted by molar-refractivity contribution is 6.23. The molecule has 1 aromatic carbocycles. The third-order valence-electron chi connectivity index (χ3n) is 6.92. The number of nitrogens with zero attached hydrogens (tertiary/aromatic N) is 4. The van der Waals surface area contributed by atoms with Crippen LogP contribution in [-0.2, 0) is 16.1 Å². The summed E-state index contributed by atoms with van der Waals surface area (Å²) in [6.07, 6.45) is 6.79. The molecule has 0 bridgehead atoms. The van der Waals surface area contributed by atoms with E-state index in [0.717, 1.165) is 37.1 Å². The van der Waals surface area contributed by atoms with Crippen molar-refractivity contribution in [3.63, 3.8) is 0 Å². The molecule has 2 saturated heterocycles. The fourth-order valence-electron chi connectivity index (χ4n) is 4.80. The number of piperidine rings is 1. The summed E-state index contributed by atoms with van der Waals surface area (Å²) >= 11 is 0. The van der Waals surface area contributed by atoms with Crippen molar-refractivity contribution in [3.8, 4) is 0 Å². The highest BCUT2D eigenvalue weighted by Crippen LogP contribution is 2.36. The third-order valence-corrected chi connectivity index (χ3v) is 6.92. The van der Waals surface area contributed by atoms with Crippen molar-refractivity contribution >= 4 is 29.2 Å². The fraction of sp³-hybridized carbons (Fsp3) is 0.481. The van der Waals surface area contributed by atoms with Gasteiger partial charge in [0, 0.05) is 24.6 Å². The van der Waals surface area contributed by atoms with Crippen molar-refractivity contribution in [2.45, 2.75) is 65.0 Å². The van der Waals surface area contributed by atoms with Gasteiger partial charge >= 0.3 is 6.03 Å². The molecule has 0 atom stereocenters. The number of pyridine rings is 1. The maximum absolute atomic E-state index is 13.5. The molecular weight excluding hydrogens is 442 g/mol. The average Bonchev–Trinajstić information content (AvgIpc) is 2.99. The number of carbonyl (C=O) groups is 3. The molecule has 0 aliphatic carbocycles. The Morgan fingerprint density at radius 1 is 1.06 bits per heavy atom. The molecule has 8 nitrogen and oxygen atoms in total. The zero-order valence-electron chi connectivity index (χ0n) is 21.1. The van der Waals surface area contributed by atoms with E-state index in [4.69, 9.17) is 0 Å². The van der Waals surface area contributed by atoms with Crippen molar-refractivity contribution in [2.24, 2.45) is 0 Å². The molecule has 8 heteroatoms. The van der Waals surface area contributed by atoms with Crippen LogP contribution in [0, 0.1) is 0 Å². The highest BCUT2D eigenvalue weighted by Gasteiger charge is 2.51. The molecule has 2 aliphatic rings. The second-order valence-corrected chi connectivity index (χ2v) is 10.2. The van der Waals surface area contributed by atoms with Gasteiger partial charge in [0.15, 0.2) is 0 Å². The molecule has 1 aromatic heterocycles. The number of aromatic nitrogens is 1. The lowest BCUT2D eigenvalue weighted by Gasteiger charge is -2.27. The maximum Gasteiger partial charge on any atom is 0.332 e. The number of likely N-dealkylation sites (tertiary alicyclic amines) is 1. The molecule has 1 N–H and O–H groups in total. The average molecular weight is 478 g/mol. The van der Waals surface area contributed by atoms with Crippen LogP contribution in [0.1, 0.15) is 64.0 Å². The van der Waals surface area contributed by atoms with Crippen LogP contribution in [-0.4, -0.2) is 57.8 Å². The van der Waals surface area contributed by atoms with E-state index in [-0.39, 0.29) is 23.8 Å². The van der Waals surface area contributed by atoms with E-state index in [1.807, 2.05) is 18.2 Å². The third kappa shape index (κ3) is 5.22. The van der Waals surface area contributed by atoms with Crippen molar-refractivity contribution in [3.05, 3.63) is 53.9 Å². The highest BCUT2D eigenvalue weighted by atomic mass is 16.2. The first-order valence-corrected chi connectivity index (χ1v) is 12.4. The first kappa shape index (κ1) is 24.9. The lowest BCUT2D eigenvalue weighted by atomic mass is 9.99. The quantitative estimate of drug-likeness (QED) is 0.598. The van der Waals surface area contributed by atoms with Crippen LogP contribution in [0.3, 0.4) is 0 Å². The van der Waals surface area contributed by atoms with Gasteiger partial charge in [-0.3, -0.25) is 19.5 Å². The number of hydrogen-bond donors (Lipinski definition) is 1. The van der Waals surface area contributed by atoms with Gasteiger partial charge in [-0.25, -0.2) is 9.69 Å². The second-order valence-electron chi connectivity index (χ2n) is 10.2. The predicted octanol–water partition coefficient (Wildman–Crippen LogP) is 4.38. The molecule has 186 valence electrons. The standard InChI is InChI=1S/C27H35N5O3/c1-19(2)22-9-8-21(16-23(22)29-24(33)18-30-14-6-5-7-15-30)32-25(34)27(3,4)31(26(32)35)17-20-10-12-28-13-11-20/h8-13,16,19H,5-7,14-15,17-18H2,1-4H3,(H,29,33). The zero-order chi connectivity index (χ0) is 25.2. The minimum atomic E-state index is -1.01. The Morgan fingerprint density at radius 2 is 1.74 bits per heavy atom. The Balaban J connectivity index is 1.59. The lowest BCUT2D eigenvalue weighted by molar-refractivity contribution is -0.123. The molecule has 0 unspecified atom stereocenters. The van der Waals surface area contributed by atoms with Crippen LogP contribution in [0.25, 0.3) is 0 Å². The van der Waals surface area contributed by atoms with Crippen molar-refractivity contribution in [1.29, 1.82) is 0 Å². The number of hydrogen-bond acceptors (Lipinski definition) is 5. The summed E-state index contributed by atoms with van der Waals surface area (Å²) in [4.78, 5) is 48.7. The number of rotatable bonds is 7. The van der Waals surface area contributed by atoms with Gasteiger partial charge in [0.25, 0.3) is 5.91 Å². The fourth-order valence-corrected chi connectivity index (χ4v) is 4.80. The number of anilines is 2. The van der Waals surface area contributed by atoms with Crippen LogP contribution in [0.15, 0.2) is 42.7 Å². The first-order valence-electron chi connectivity index (χ1n) is 12.4. The molecule has 3 heterocycles. The molecule has 2 aromatic rings. The van der Waals surface area contributed by atoms with E-state index in [1.165, 1.54) is 11.3 Å². The summed E-state index contributed by atoms with van der Waals surface area (Å²) in [7, 11) is 0. The minimum Gasteiger partial charge on any atom is -0.325 e. The topological polar surface area (TPSA) is 85.9 Å². The van der Waals surface area contributed by atoms with Crippen LogP contribution < -0.4 is 10.2 Å². The summed E-state index contributed by atoms with van der Waals surface area (Å²) < 4.78 is 0. The second kappa shape index (κ2) is 10.2. The van der Waals surface area contributed by atoms with Gasteiger partial charge in [0.05, 0.1) is 12.2 Å². The van der Waals surface area contributed by atoms with Gasteiger partial charge in [-0.2, -0.15) is 0 Å². The molecule has 2 aliphatic heterocycles. The number of carbonyl (C=O) groups excluding carboxylic acids is 3. The Bertz CT molecular complexity index is 1090. The summed E-state index contributed by atoms with van der Waals surface area (Å²) in [5, 5.41) is 3.05. The van der Waals surface area contributed by atoms with Gasteiger partial charge in [0.2, 0.25) is 5.91 Å². The Kier molecular flexibility index (Phi) is 7.21. The minimum absolute atomic E-state index is 0.0790. The van der Waals surface area contributed by atoms with E-state index in [1.54, 1.807) is 43.3 Å². The zero-order valence-corrected chi connectivity index (χ0v) is 21.1. The molecular formula is C27H35N5O3. The van der Waals surface area contributed by atoms with E-state index in [9.17, 15) is 14.4 Å². The first-order chi connectivity index (χ1) is 16.7. The molecule has 4 amide bonds. The van der Waals surface area contributed by atoms with E-state index >= 15 is 0 Å². The lowest BCUT2D eigenvalue weighted by Crippen LogP contribution is -2.43. The van der Waals surface area contributed by atoms with Crippen LogP contribution in [0.4, 0.5) is 16.2 Å². The maximum atomic E-state index is 13.5. The number of urea groups is 1. The molecule has 2 fully saturated rings. The normalized spacial score (nSPS) is 18.4. The van der Waals surface area contributed by atoms with Gasteiger partial charge in [-0.05, 0) is 81.1 Å². The molecule has 35 heavy (non-hydrogen) atoms. The molecule has 4 rings (SSSR count). The molecule has 0 saturated carbocycles.